The highest BCUT2D eigenvalue weighted by Crippen LogP contribution is 2.34. The third-order valence-corrected chi connectivity index (χ3v) is 3.45. The largest absolute Gasteiger partial charge is 0.486 e. The van der Waals surface area contributed by atoms with E-state index < -0.39 is 5.97 Å². The number of hydrogen-bond acceptors (Lipinski definition) is 3. The van der Waals surface area contributed by atoms with Gasteiger partial charge in [0.05, 0.1) is 16.6 Å². The lowest BCUT2D eigenvalue weighted by molar-refractivity contribution is -0.135. The number of carboxylic acid groups (broad SMARTS) is 1. The van der Waals surface area contributed by atoms with Crippen LogP contribution in [0.25, 0.3) is 0 Å². The number of ether oxygens (including phenoxy) is 1. The van der Waals surface area contributed by atoms with E-state index in [9.17, 15) is 4.79 Å². The van der Waals surface area contributed by atoms with Crippen LogP contribution in [0.3, 0.4) is 0 Å². The first-order valence-electron chi connectivity index (χ1n) is 6.63. The first-order chi connectivity index (χ1) is 10.6. The molecule has 0 unspecified atom stereocenters. The van der Waals surface area contributed by atoms with E-state index >= 15 is 0 Å². The van der Waals surface area contributed by atoms with Crippen LogP contribution in [-0.2, 0) is 17.9 Å². The molecule has 0 spiro atoms. The molecule has 0 bridgehead atoms. The lowest BCUT2D eigenvalue weighted by Gasteiger charge is -2.12. The number of carboxylic acids is 1. The van der Waals surface area contributed by atoms with Crippen molar-refractivity contribution in [3.63, 3.8) is 0 Å². The van der Waals surface area contributed by atoms with Gasteiger partial charge in [-0.15, -0.1) is 0 Å². The lowest BCUT2D eigenvalue weighted by Crippen LogP contribution is -2.21. The van der Waals surface area contributed by atoms with Gasteiger partial charge in [-0.05, 0) is 23.3 Å². The molecule has 116 valence electrons. The SMILES string of the molecule is O=C(O)CNCc1cc(Cl)c(OCc2ccccc2)c(Cl)c1. The Morgan fingerprint density at radius 1 is 1.09 bits per heavy atom. The van der Waals surface area contributed by atoms with Gasteiger partial charge in [0.2, 0.25) is 0 Å². The van der Waals surface area contributed by atoms with E-state index in [0.29, 0.717) is 28.9 Å². The van der Waals surface area contributed by atoms with Crippen molar-refractivity contribution in [2.75, 3.05) is 6.54 Å². The normalized spacial score (nSPS) is 10.5. The highest BCUT2D eigenvalue weighted by Gasteiger charge is 2.10. The second-order valence-corrected chi connectivity index (χ2v) is 5.47. The summed E-state index contributed by atoms with van der Waals surface area (Å²) in [5.74, 6) is -0.492. The van der Waals surface area contributed by atoms with Crippen LogP contribution in [0.15, 0.2) is 42.5 Å². The van der Waals surface area contributed by atoms with Crippen LogP contribution >= 0.6 is 23.2 Å². The molecule has 0 aromatic heterocycles. The Morgan fingerprint density at radius 3 is 2.32 bits per heavy atom. The van der Waals surface area contributed by atoms with E-state index in [0.717, 1.165) is 11.1 Å². The molecule has 2 aromatic rings. The molecule has 0 aliphatic heterocycles. The molecule has 0 atom stereocenters. The number of nitrogens with one attached hydrogen (secondary N) is 1. The van der Waals surface area contributed by atoms with Crippen molar-refractivity contribution in [2.24, 2.45) is 0 Å². The summed E-state index contributed by atoms with van der Waals surface area (Å²) in [5.41, 5.74) is 1.81. The maximum absolute atomic E-state index is 10.5. The second kappa shape index (κ2) is 8.03. The number of hydrogen-bond donors (Lipinski definition) is 2. The Morgan fingerprint density at radius 2 is 1.73 bits per heavy atom. The molecule has 0 aliphatic carbocycles. The topological polar surface area (TPSA) is 58.6 Å². The van der Waals surface area contributed by atoms with Crippen molar-refractivity contribution < 1.29 is 14.6 Å². The van der Waals surface area contributed by atoms with Crippen molar-refractivity contribution in [3.05, 3.63) is 63.6 Å². The van der Waals surface area contributed by atoms with Crippen LogP contribution in [-0.4, -0.2) is 17.6 Å². The van der Waals surface area contributed by atoms with Gasteiger partial charge in [0.25, 0.3) is 0 Å². The van der Waals surface area contributed by atoms with Crippen LogP contribution in [0, 0.1) is 0 Å². The molecule has 0 aliphatic rings. The Balaban J connectivity index is 2.01. The van der Waals surface area contributed by atoms with Gasteiger partial charge in [0, 0.05) is 6.54 Å². The molecule has 0 radical (unpaired) electrons. The van der Waals surface area contributed by atoms with E-state index in [4.69, 9.17) is 33.0 Å². The summed E-state index contributed by atoms with van der Waals surface area (Å²) in [4.78, 5) is 10.5. The fourth-order valence-electron chi connectivity index (χ4n) is 1.90. The zero-order chi connectivity index (χ0) is 15.9. The van der Waals surface area contributed by atoms with Gasteiger partial charge in [-0.25, -0.2) is 0 Å². The maximum Gasteiger partial charge on any atom is 0.317 e. The molecule has 0 fully saturated rings. The zero-order valence-electron chi connectivity index (χ0n) is 11.7. The summed E-state index contributed by atoms with van der Waals surface area (Å²) < 4.78 is 5.67. The van der Waals surface area contributed by atoms with Gasteiger partial charge in [-0.1, -0.05) is 53.5 Å². The third-order valence-electron chi connectivity index (χ3n) is 2.89. The number of benzene rings is 2. The first-order valence-corrected chi connectivity index (χ1v) is 7.39. The highest BCUT2D eigenvalue weighted by atomic mass is 35.5. The quantitative estimate of drug-likeness (QED) is 0.806. The van der Waals surface area contributed by atoms with Gasteiger partial charge in [-0.3, -0.25) is 4.79 Å². The van der Waals surface area contributed by atoms with Gasteiger partial charge >= 0.3 is 5.97 Å². The Bertz CT molecular complexity index is 624. The Kier molecular flexibility index (Phi) is 6.07. The predicted molar refractivity (Wildman–Crippen MR) is 86.6 cm³/mol. The summed E-state index contributed by atoms with van der Waals surface area (Å²) in [5, 5.41) is 12.2. The van der Waals surface area contributed by atoms with E-state index in [-0.39, 0.29) is 6.54 Å². The number of carbonyl (C=O) groups is 1. The molecule has 0 amide bonds. The average Bonchev–Trinajstić information content (AvgIpc) is 2.47. The minimum Gasteiger partial charge on any atom is -0.486 e. The average molecular weight is 340 g/mol. The molecular formula is C16H15Cl2NO3. The van der Waals surface area contributed by atoms with Gasteiger partial charge in [-0.2, -0.15) is 0 Å². The van der Waals surface area contributed by atoms with Crippen molar-refractivity contribution in [1.82, 2.24) is 5.32 Å². The number of rotatable bonds is 7. The van der Waals surface area contributed by atoms with Crippen molar-refractivity contribution in [3.8, 4) is 5.75 Å². The summed E-state index contributed by atoms with van der Waals surface area (Å²) in [6.45, 7) is 0.614. The molecule has 2 N–H and O–H groups in total. The first kappa shape index (κ1) is 16.6. The summed E-state index contributed by atoms with van der Waals surface area (Å²) >= 11 is 12.4. The van der Waals surface area contributed by atoms with Crippen LogP contribution in [0.2, 0.25) is 10.0 Å². The lowest BCUT2D eigenvalue weighted by atomic mass is 10.2. The molecule has 22 heavy (non-hydrogen) atoms. The molecule has 2 aromatic carbocycles. The van der Waals surface area contributed by atoms with Gasteiger partial charge in [0.1, 0.15) is 6.61 Å². The minimum atomic E-state index is -0.917. The fourth-order valence-corrected chi connectivity index (χ4v) is 2.54. The molecule has 0 saturated carbocycles. The monoisotopic (exact) mass is 339 g/mol. The predicted octanol–water partition coefficient (Wildman–Crippen LogP) is 3.75. The Hall–Kier alpha value is -1.75. The number of halogens is 2. The zero-order valence-corrected chi connectivity index (χ0v) is 13.2. The molecule has 4 nitrogen and oxygen atoms in total. The smallest absolute Gasteiger partial charge is 0.317 e. The summed E-state index contributed by atoms with van der Waals surface area (Å²) in [6.07, 6.45) is 0. The van der Waals surface area contributed by atoms with Crippen LogP contribution in [0.1, 0.15) is 11.1 Å². The minimum absolute atomic E-state index is 0.124. The van der Waals surface area contributed by atoms with Crippen molar-refractivity contribution in [1.29, 1.82) is 0 Å². The van der Waals surface area contributed by atoms with Crippen LogP contribution < -0.4 is 10.1 Å². The fraction of sp³-hybridized carbons (Fsp3) is 0.188. The van der Waals surface area contributed by atoms with Crippen LogP contribution in [0.4, 0.5) is 0 Å². The van der Waals surface area contributed by atoms with E-state index in [1.54, 1.807) is 12.1 Å². The van der Waals surface area contributed by atoms with E-state index in [2.05, 4.69) is 5.32 Å². The maximum atomic E-state index is 10.5. The van der Waals surface area contributed by atoms with Crippen molar-refractivity contribution >= 4 is 29.2 Å². The second-order valence-electron chi connectivity index (χ2n) is 4.66. The Labute approximate surface area is 138 Å². The molecule has 0 heterocycles. The molecule has 2 rings (SSSR count). The van der Waals surface area contributed by atoms with Crippen molar-refractivity contribution in [2.45, 2.75) is 13.2 Å². The molecule has 0 saturated heterocycles. The third kappa shape index (κ3) is 4.91. The van der Waals surface area contributed by atoms with E-state index in [1.807, 2.05) is 30.3 Å². The molecular weight excluding hydrogens is 325 g/mol. The molecule has 6 heteroatoms. The number of aliphatic carboxylic acids is 1. The van der Waals surface area contributed by atoms with Gasteiger partial charge in [0.15, 0.2) is 5.75 Å². The summed E-state index contributed by atoms with van der Waals surface area (Å²) in [6, 6.07) is 13.1. The highest BCUT2D eigenvalue weighted by molar-refractivity contribution is 6.37. The summed E-state index contributed by atoms with van der Waals surface area (Å²) in [7, 11) is 0. The van der Waals surface area contributed by atoms with Crippen LogP contribution in [0.5, 0.6) is 5.75 Å². The van der Waals surface area contributed by atoms with Gasteiger partial charge < -0.3 is 15.2 Å². The standard InChI is InChI=1S/C16H15Cl2NO3/c17-13-6-12(8-19-9-15(20)21)7-14(18)16(13)22-10-11-4-2-1-3-5-11/h1-7,19H,8-10H2,(H,20,21). The van der Waals surface area contributed by atoms with E-state index in [1.165, 1.54) is 0 Å².